The smallest absolute Gasteiger partial charge is 0.0784 e. The molecule has 0 N–H and O–H groups in total. The van der Waals surface area contributed by atoms with E-state index >= 15 is 0 Å². The summed E-state index contributed by atoms with van der Waals surface area (Å²) in [6.45, 7) is 10.8. The molecule has 0 spiro atoms. The van der Waals surface area contributed by atoms with Crippen LogP contribution in [0.3, 0.4) is 0 Å². The van der Waals surface area contributed by atoms with E-state index in [1.165, 1.54) is 0 Å². The minimum Gasteiger partial charge on any atom is -0.375 e. The number of hydrogen-bond donors (Lipinski definition) is 0. The highest BCUT2D eigenvalue weighted by Crippen LogP contribution is 1.97. The molecule has 0 aliphatic rings. The van der Waals surface area contributed by atoms with Crippen LogP contribution in [0.25, 0.3) is 0 Å². The lowest BCUT2D eigenvalue weighted by Gasteiger charge is -2.15. The van der Waals surface area contributed by atoms with Gasteiger partial charge in [0.25, 0.3) is 0 Å². The van der Waals surface area contributed by atoms with Crippen molar-refractivity contribution in [1.82, 2.24) is 0 Å². The third-order valence-electron chi connectivity index (χ3n) is 1.09. The van der Waals surface area contributed by atoms with Gasteiger partial charge < -0.3 is 9.47 Å². The van der Waals surface area contributed by atoms with Crippen LogP contribution in [-0.2, 0) is 9.47 Å². The van der Waals surface area contributed by atoms with E-state index < -0.39 is 0 Å². The molecular weight excluding hydrogens is 140 g/mol. The molecule has 0 radical (unpaired) electrons. The van der Waals surface area contributed by atoms with Crippen LogP contribution in [0.2, 0.25) is 0 Å². The van der Waals surface area contributed by atoms with Crippen LogP contribution in [-0.4, -0.2) is 25.4 Å². The van der Waals surface area contributed by atoms with Crippen molar-refractivity contribution in [2.75, 3.05) is 13.2 Å². The average molecular weight is 158 g/mol. The molecule has 1 atom stereocenters. The van der Waals surface area contributed by atoms with E-state index in [-0.39, 0.29) is 12.2 Å². The molecule has 0 saturated heterocycles. The quantitative estimate of drug-likeness (QED) is 0.435. The molecule has 0 bridgehead atoms. The van der Waals surface area contributed by atoms with Crippen LogP contribution in [0.1, 0.15) is 20.8 Å². The predicted octanol–water partition coefficient (Wildman–Crippen LogP) is 2.00. The highest BCUT2D eigenvalue weighted by Gasteiger charge is 2.03. The number of rotatable bonds is 6. The lowest BCUT2D eigenvalue weighted by atomic mass is 10.4. The lowest BCUT2D eigenvalue weighted by molar-refractivity contribution is -0.0296. The van der Waals surface area contributed by atoms with E-state index in [1.54, 1.807) is 6.08 Å². The maximum Gasteiger partial charge on any atom is 0.0784 e. The Hall–Kier alpha value is -0.340. The molecule has 0 fully saturated rings. The first-order chi connectivity index (χ1) is 5.16. The monoisotopic (exact) mass is 158 g/mol. The SMILES string of the molecule is C=CCOCC(C)OC(C)C. The highest BCUT2D eigenvalue weighted by atomic mass is 16.5. The Morgan fingerprint density at radius 1 is 1.36 bits per heavy atom. The Balaban J connectivity index is 3.21. The second kappa shape index (κ2) is 6.38. The fraction of sp³-hybridized carbons (Fsp3) is 0.778. The van der Waals surface area contributed by atoms with Crippen molar-refractivity contribution in [3.05, 3.63) is 12.7 Å². The van der Waals surface area contributed by atoms with Crippen molar-refractivity contribution in [2.45, 2.75) is 33.0 Å². The van der Waals surface area contributed by atoms with Crippen molar-refractivity contribution >= 4 is 0 Å². The first kappa shape index (κ1) is 10.7. The van der Waals surface area contributed by atoms with Crippen molar-refractivity contribution in [3.63, 3.8) is 0 Å². The van der Waals surface area contributed by atoms with Crippen LogP contribution in [0.15, 0.2) is 12.7 Å². The summed E-state index contributed by atoms with van der Waals surface area (Å²) >= 11 is 0. The summed E-state index contributed by atoms with van der Waals surface area (Å²) in [4.78, 5) is 0. The molecule has 0 aromatic rings. The molecule has 1 unspecified atom stereocenters. The van der Waals surface area contributed by atoms with Gasteiger partial charge in [-0.1, -0.05) is 6.08 Å². The summed E-state index contributed by atoms with van der Waals surface area (Å²) in [6, 6.07) is 0. The van der Waals surface area contributed by atoms with Crippen LogP contribution in [0, 0.1) is 0 Å². The van der Waals surface area contributed by atoms with Gasteiger partial charge in [-0.15, -0.1) is 6.58 Å². The summed E-state index contributed by atoms with van der Waals surface area (Å²) in [7, 11) is 0. The predicted molar refractivity (Wildman–Crippen MR) is 46.7 cm³/mol. The molecule has 0 rings (SSSR count). The highest BCUT2D eigenvalue weighted by molar-refractivity contribution is 4.64. The summed E-state index contributed by atoms with van der Waals surface area (Å²) in [5, 5.41) is 0. The fourth-order valence-corrected chi connectivity index (χ4v) is 0.821. The van der Waals surface area contributed by atoms with Gasteiger partial charge in [-0.3, -0.25) is 0 Å². The molecule has 2 nitrogen and oxygen atoms in total. The van der Waals surface area contributed by atoms with Crippen LogP contribution in [0.4, 0.5) is 0 Å². The van der Waals surface area contributed by atoms with Gasteiger partial charge in [0.2, 0.25) is 0 Å². The first-order valence-electron chi connectivity index (χ1n) is 4.01. The standard InChI is InChI=1S/C9H18O2/c1-5-6-10-7-9(4)11-8(2)3/h5,8-9H,1,6-7H2,2-4H3. The first-order valence-corrected chi connectivity index (χ1v) is 4.01. The van der Waals surface area contributed by atoms with Gasteiger partial charge in [0.05, 0.1) is 25.4 Å². The fourth-order valence-electron chi connectivity index (χ4n) is 0.821. The van der Waals surface area contributed by atoms with Crippen molar-refractivity contribution < 1.29 is 9.47 Å². The van der Waals surface area contributed by atoms with Crippen molar-refractivity contribution in [1.29, 1.82) is 0 Å². The van der Waals surface area contributed by atoms with Gasteiger partial charge in [-0.25, -0.2) is 0 Å². The van der Waals surface area contributed by atoms with Crippen LogP contribution >= 0.6 is 0 Å². The lowest BCUT2D eigenvalue weighted by Crippen LogP contribution is -2.19. The van der Waals surface area contributed by atoms with Gasteiger partial charge in [0.1, 0.15) is 0 Å². The zero-order valence-electron chi connectivity index (χ0n) is 7.67. The zero-order valence-corrected chi connectivity index (χ0v) is 7.67. The van der Waals surface area contributed by atoms with Gasteiger partial charge in [-0.2, -0.15) is 0 Å². The normalized spacial score (nSPS) is 13.5. The molecule has 0 saturated carbocycles. The largest absolute Gasteiger partial charge is 0.375 e. The van der Waals surface area contributed by atoms with Crippen LogP contribution < -0.4 is 0 Å². The zero-order chi connectivity index (χ0) is 8.69. The van der Waals surface area contributed by atoms with Crippen molar-refractivity contribution in [2.24, 2.45) is 0 Å². The Labute approximate surface area is 69.2 Å². The summed E-state index contributed by atoms with van der Waals surface area (Å²) < 4.78 is 10.6. The molecular formula is C9H18O2. The van der Waals surface area contributed by atoms with E-state index in [1.807, 2.05) is 20.8 Å². The average Bonchev–Trinajstić information content (AvgIpc) is 1.86. The Morgan fingerprint density at radius 3 is 2.45 bits per heavy atom. The second-order valence-electron chi connectivity index (χ2n) is 2.82. The van der Waals surface area contributed by atoms with E-state index in [0.717, 1.165) is 0 Å². The van der Waals surface area contributed by atoms with Crippen LogP contribution in [0.5, 0.6) is 0 Å². The summed E-state index contributed by atoms with van der Waals surface area (Å²) in [5.74, 6) is 0. The third kappa shape index (κ3) is 7.56. The molecule has 0 aromatic carbocycles. The molecule has 0 aromatic heterocycles. The van der Waals surface area contributed by atoms with E-state index in [4.69, 9.17) is 9.47 Å². The molecule has 66 valence electrons. The summed E-state index contributed by atoms with van der Waals surface area (Å²) in [6.07, 6.45) is 2.19. The summed E-state index contributed by atoms with van der Waals surface area (Å²) in [5.41, 5.74) is 0. The third-order valence-corrected chi connectivity index (χ3v) is 1.09. The molecule has 0 aliphatic carbocycles. The molecule has 0 aliphatic heterocycles. The topological polar surface area (TPSA) is 18.5 Å². The van der Waals surface area contributed by atoms with Crippen molar-refractivity contribution in [3.8, 4) is 0 Å². The Bertz CT molecular complexity index is 99.7. The van der Waals surface area contributed by atoms with E-state index in [9.17, 15) is 0 Å². The van der Waals surface area contributed by atoms with E-state index in [2.05, 4.69) is 6.58 Å². The molecule has 11 heavy (non-hydrogen) atoms. The van der Waals surface area contributed by atoms with E-state index in [0.29, 0.717) is 13.2 Å². The Kier molecular flexibility index (Phi) is 6.18. The number of ether oxygens (including phenoxy) is 2. The number of hydrogen-bond acceptors (Lipinski definition) is 2. The molecule has 0 amide bonds. The van der Waals surface area contributed by atoms with Gasteiger partial charge in [0, 0.05) is 0 Å². The minimum atomic E-state index is 0.176. The Morgan fingerprint density at radius 2 is 2.00 bits per heavy atom. The van der Waals surface area contributed by atoms with Gasteiger partial charge in [0.15, 0.2) is 0 Å². The maximum absolute atomic E-state index is 5.44. The van der Waals surface area contributed by atoms with Gasteiger partial charge >= 0.3 is 0 Å². The minimum absolute atomic E-state index is 0.176. The second-order valence-corrected chi connectivity index (χ2v) is 2.82. The van der Waals surface area contributed by atoms with Gasteiger partial charge in [-0.05, 0) is 20.8 Å². The molecule has 0 heterocycles. The molecule has 2 heteroatoms. The maximum atomic E-state index is 5.44.